The van der Waals surface area contributed by atoms with E-state index < -0.39 is 31.1 Å². The Bertz CT molecular complexity index is 1250. The standard InChI is InChI=1S/C13H18F2N4O2.C9H9NO2.C6H4ClF/c1-16-11-5-9(3-4-17-11)10(6-21-2)19-8-13(14,15)7-18-12(19)20;11-7-6-10-9(12)8-4-2-1-3-5-8;7-5-3-1-2-4-6(5)8/h3-5,10H,6-8H2,1-2H3,(H,16,17)(H,18,20);1-5,7H,6H2,(H,10,12);1-4H. The third kappa shape index (κ3) is 11.1. The van der Waals surface area contributed by atoms with E-state index in [1.165, 1.54) is 19.2 Å². The van der Waals surface area contributed by atoms with Gasteiger partial charge in [0.25, 0.3) is 11.8 Å². The fourth-order valence-electron chi connectivity index (χ4n) is 3.52. The minimum Gasteiger partial charge on any atom is -0.382 e. The zero-order valence-corrected chi connectivity index (χ0v) is 23.2. The van der Waals surface area contributed by atoms with Crippen LogP contribution in [0.1, 0.15) is 22.0 Å². The number of urea groups is 1. The molecule has 1 fully saturated rings. The number of nitrogens with zero attached hydrogens (tertiary/aromatic N) is 2. The van der Waals surface area contributed by atoms with Gasteiger partial charge in [0.1, 0.15) is 17.9 Å². The largest absolute Gasteiger partial charge is 0.382 e. The molecule has 1 saturated heterocycles. The number of anilines is 1. The van der Waals surface area contributed by atoms with Gasteiger partial charge in [-0.3, -0.25) is 4.79 Å². The maximum absolute atomic E-state index is 13.6. The van der Waals surface area contributed by atoms with Gasteiger partial charge < -0.3 is 30.4 Å². The van der Waals surface area contributed by atoms with Crippen LogP contribution in [0.25, 0.3) is 0 Å². The number of hydrogen-bond acceptors (Lipinski definition) is 6. The highest BCUT2D eigenvalue weighted by Gasteiger charge is 2.42. The van der Waals surface area contributed by atoms with Crippen molar-refractivity contribution in [3.63, 3.8) is 0 Å². The third-order valence-electron chi connectivity index (χ3n) is 5.49. The van der Waals surface area contributed by atoms with E-state index in [1.807, 2.05) is 6.07 Å². The second-order valence-electron chi connectivity index (χ2n) is 8.49. The topological polar surface area (TPSA) is 113 Å². The molecule has 4 rings (SSSR count). The first-order chi connectivity index (χ1) is 19.6. The summed E-state index contributed by atoms with van der Waals surface area (Å²) >= 11 is 5.33. The van der Waals surface area contributed by atoms with Crippen molar-refractivity contribution in [3.8, 4) is 0 Å². The summed E-state index contributed by atoms with van der Waals surface area (Å²) in [5, 5.41) is 7.70. The minimum atomic E-state index is -2.96. The second-order valence-corrected chi connectivity index (χ2v) is 8.90. The van der Waals surface area contributed by atoms with E-state index in [0.717, 1.165) is 4.90 Å². The Hall–Kier alpha value is -4.16. The number of alkyl halides is 2. The number of ether oxygens (including phenoxy) is 1. The smallest absolute Gasteiger partial charge is 0.318 e. The summed E-state index contributed by atoms with van der Waals surface area (Å²) in [7, 11) is 3.17. The summed E-state index contributed by atoms with van der Waals surface area (Å²) in [6, 6.07) is 17.2. The van der Waals surface area contributed by atoms with Crippen LogP contribution in [0.15, 0.2) is 72.9 Å². The van der Waals surface area contributed by atoms with E-state index >= 15 is 0 Å². The molecule has 1 aliphatic rings. The SMILES string of the molecule is CNc1cc(C(COC)N2CC(F)(F)CNC2=O)ccn1.Fc1ccccc1Cl.O=CCNC(=O)c1ccccc1. The lowest BCUT2D eigenvalue weighted by molar-refractivity contribution is -0.107. The van der Waals surface area contributed by atoms with Gasteiger partial charge >= 0.3 is 6.03 Å². The van der Waals surface area contributed by atoms with Crippen molar-refractivity contribution < 1.29 is 32.3 Å². The molecule has 0 saturated carbocycles. The first-order valence-corrected chi connectivity index (χ1v) is 12.7. The quantitative estimate of drug-likeness (QED) is 0.330. The molecule has 1 unspecified atom stereocenters. The van der Waals surface area contributed by atoms with E-state index in [4.69, 9.17) is 16.3 Å². The van der Waals surface area contributed by atoms with E-state index in [0.29, 0.717) is 23.2 Å². The van der Waals surface area contributed by atoms with Crippen LogP contribution < -0.4 is 16.0 Å². The van der Waals surface area contributed by atoms with Crippen LogP contribution in [0.2, 0.25) is 5.02 Å². The fourth-order valence-corrected chi connectivity index (χ4v) is 3.65. The van der Waals surface area contributed by atoms with Crippen LogP contribution in [-0.2, 0) is 9.53 Å². The molecule has 0 aliphatic carbocycles. The predicted molar refractivity (Wildman–Crippen MR) is 150 cm³/mol. The zero-order chi connectivity index (χ0) is 30.3. The van der Waals surface area contributed by atoms with Crippen LogP contribution in [0.3, 0.4) is 0 Å². The Morgan fingerprint density at radius 1 is 1.20 bits per heavy atom. The highest BCUT2D eigenvalue weighted by molar-refractivity contribution is 6.30. The molecule has 9 nitrogen and oxygen atoms in total. The van der Waals surface area contributed by atoms with Gasteiger partial charge in [0.2, 0.25) is 0 Å². The molecule has 41 heavy (non-hydrogen) atoms. The molecule has 0 spiro atoms. The number of aromatic nitrogens is 1. The van der Waals surface area contributed by atoms with E-state index in [1.54, 1.807) is 61.8 Å². The maximum atomic E-state index is 13.6. The van der Waals surface area contributed by atoms with Crippen LogP contribution in [0, 0.1) is 5.82 Å². The van der Waals surface area contributed by atoms with Crippen molar-refractivity contribution in [2.45, 2.75) is 12.0 Å². The predicted octanol–water partition coefficient (Wildman–Crippen LogP) is 4.57. The number of carbonyl (C=O) groups is 3. The average Bonchev–Trinajstić information content (AvgIpc) is 2.98. The zero-order valence-electron chi connectivity index (χ0n) is 22.5. The molecule has 3 N–H and O–H groups in total. The molecule has 2 aromatic carbocycles. The van der Waals surface area contributed by atoms with Gasteiger partial charge in [-0.1, -0.05) is 41.9 Å². The number of carbonyl (C=O) groups excluding carboxylic acids is 3. The van der Waals surface area contributed by atoms with Crippen molar-refractivity contribution in [3.05, 3.63) is 94.9 Å². The third-order valence-corrected chi connectivity index (χ3v) is 5.80. The number of methoxy groups -OCH3 is 1. The molecule has 1 atom stereocenters. The molecule has 1 aromatic heterocycles. The first kappa shape index (κ1) is 33.0. The van der Waals surface area contributed by atoms with Gasteiger partial charge in [-0.05, 0) is 42.0 Å². The lowest BCUT2D eigenvalue weighted by Gasteiger charge is -2.38. The normalized spacial score (nSPS) is 14.2. The molecule has 0 radical (unpaired) electrons. The van der Waals surface area contributed by atoms with Crippen molar-refractivity contribution >= 4 is 35.6 Å². The van der Waals surface area contributed by atoms with Crippen LogP contribution in [0.5, 0.6) is 0 Å². The molecule has 0 bridgehead atoms. The molecule has 1 aliphatic heterocycles. The van der Waals surface area contributed by atoms with Crippen molar-refractivity contribution in [2.24, 2.45) is 0 Å². The lowest BCUT2D eigenvalue weighted by atomic mass is 10.1. The van der Waals surface area contributed by atoms with Crippen molar-refractivity contribution in [1.29, 1.82) is 0 Å². The van der Waals surface area contributed by atoms with Gasteiger partial charge in [-0.2, -0.15) is 0 Å². The molecular formula is C28H31ClF3N5O4. The van der Waals surface area contributed by atoms with Crippen molar-refractivity contribution in [1.82, 2.24) is 20.5 Å². The Balaban J connectivity index is 0.000000246. The Morgan fingerprint density at radius 3 is 2.46 bits per heavy atom. The average molecular weight is 594 g/mol. The van der Waals surface area contributed by atoms with Gasteiger partial charge in [0.15, 0.2) is 0 Å². The number of rotatable bonds is 8. The summed E-state index contributed by atoms with van der Waals surface area (Å²) < 4.78 is 44.4. The number of benzene rings is 2. The first-order valence-electron chi connectivity index (χ1n) is 12.3. The van der Waals surface area contributed by atoms with Gasteiger partial charge in [-0.15, -0.1) is 0 Å². The molecular weight excluding hydrogens is 563 g/mol. The fraction of sp³-hybridized carbons (Fsp3) is 0.286. The summed E-state index contributed by atoms with van der Waals surface area (Å²) in [6.07, 6.45) is 2.21. The number of hydrogen-bond donors (Lipinski definition) is 3. The summed E-state index contributed by atoms with van der Waals surface area (Å²) in [5.74, 6) is -2.95. The van der Waals surface area contributed by atoms with Gasteiger partial charge in [-0.25, -0.2) is 22.9 Å². The number of aldehydes is 1. The Kier molecular flexibility index (Phi) is 13.6. The Morgan fingerprint density at radius 2 is 1.88 bits per heavy atom. The highest BCUT2D eigenvalue weighted by atomic mass is 35.5. The molecule has 3 amide bonds. The minimum absolute atomic E-state index is 0.0632. The van der Waals surface area contributed by atoms with Crippen LogP contribution in [0.4, 0.5) is 23.8 Å². The van der Waals surface area contributed by atoms with E-state index in [-0.39, 0.29) is 29.9 Å². The summed E-state index contributed by atoms with van der Waals surface area (Å²) in [5.41, 5.74) is 1.25. The molecule has 220 valence electrons. The van der Waals surface area contributed by atoms with E-state index in [9.17, 15) is 27.6 Å². The summed E-state index contributed by atoms with van der Waals surface area (Å²) in [6.45, 7) is -1.09. The second kappa shape index (κ2) is 16.8. The number of halogens is 4. The summed E-state index contributed by atoms with van der Waals surface area (Å²) in [4.78, 5) is 38.2. The Labute approximate surface area is 241 Å². The van der Waals surface area contributed by atoms with Crippen LogP contribution in [-0.4, -0.2) is 74.4 Å². The maximum Gasteiger partial charge on any atom is 0.318 e. The monoisotopic (exact) mass is 593 g/mol. The number of amides is 3. The molecule has 2 heterocycles. The number of pyridine rings is 1. The number of nitrogens with one attached hydrogen (secondary N) is 3. The van der Waals surface area contributed by atoms with Gasteiger partial charge in [0, 0.05) is 25.9 Å². The lowest BCUT2D eigenvalue weighted by Crippen LogP contribution is -2.58. The van der Waals surface area contributed by atoms with Crippen LogP contribution >= 0.6 is 11.6 Å². The van der Waals surface area contributed by atoms with Gasteiger partial charge in [0.05, 0.1) is 37.3 Å². The van der Waals surface area contributed by atoms with E-state index in [2.05, 4.69) is 20.9 Å². The molecule has 13 heteroatoms. The van der Waals surface area contributed by atoms with Crippen molar-refractivity contribution in [2.75, 3.05) is 45.7 Å². The highest BCUT2D eigenvalue weighted by Crippen LogP contribution is 2.28. The molecule has 3 aromatic rings.